The van der Waals surface area contributed by atoms with Crippen molar-refractivity contribution in [3.63, 3.8) is 0 Å². The van der Waals surface area contributed by atoms with Crippen molar-refractivity contribution < 1.29 is 24.2 Å². The van der Waals surface area contributed by atoms with E-state index in [1.165, 1.54) is 6.42 Å². The number of ether oxygens (including phenoxy) is 1. The molecule has 3 unspecified atom stereocenters. The standard InChI is InChI=1S/C21H36N2O5/c1-14-13-23(20(27)28-21(2,3)4)11-10-16(14)17(19(25)26)12-18(24)22-15-8-6-5-7-9-15/h14-17H,5-13H2,1-4H3,(H,22,24)(H,25,26). The number of carbonyl (C=O) groups excluding carboxylic acids is 2. The first kappa shape index (κ1) is 22.5. The van der Waals surface area contributed by atoms with Gasteiger partial charge in [0, 0.05) is 25.6 Å². The third kappa shape index (κ3) is 6.67. The molecule has 3 atom stereocenters. The summed E-state index contributed by atoms with van der Waals surface area (Å²) < 4.78 is 5.42. The lowest BCUT2D eigenvalue weighted by molar-refractivity contribution is -0.148. The van der Waals surface area contributed by atoms with Crippen LogP contribution in [0.4, 0.5) is 4.79 Å². The summed E-state index contributed by atoms with van der Waals surface area (Å²) in [6.07, 6.45) is 5.61. The van der Waals surface area contributed by atoms with Gasteiger partial charge in [-0.2, -0.15) is 0 Å². The van der Waals surface area contributed by atoms with Crippen LogP contribution in [0.3, 0.4) is 0 Å². The minimum atomic E-state index is -0.929. The van der Waals surface area contributed by atoms with Crippen molar-refractivity contribution in [3.8, 4) is 0 Å². The number of nitrogens with one attached hydrogen (secondary N) is 1. The largest absolute Gasteiger partial charge is 0.481 e. The van der Waals surface area contributed by atoms with E-state index in [2.05, 4.69) is 5.32 Å². The lowest BCUT2D eigenvalue weighted by atomic mass is 9.76. The van der Waals surface area contributed by atoms with E-state index in [0.717, 1.165) is 25.7 Å². The van der Waals surface area contributed by atoms with Gasteiger partial charge in [0.1, 0.15) is 5.60 Å². The predicted octanol–water partition coefficient (Wildman–Crippen LogP) is 3.42. The van der Waals surface area contributed by atoms with Gasteiger partial charge in [-0.05, 0) is 51.9 Å². The molecule has 160 valence electrons. The van der Waals surface area contributed by atoms with Crippen molar-refractivity contribution in [2.75, 3.05) is 13.1 Å². The van der Waals surface area contributed by atoms with Crippen LogP contribution in [0.2, 0.25) is 0 Å². The summed E-state index contributed by atoms with van der Waals surface area (Å²) >= 11 is 0. The van der Waals surface area contributed by atoms with Gasteiger partial charge in [0.15, 0.2) is 0 Å². The van der Waals surface area contributed by atoms with Crippen molar-refractivity contribution in [1.29, 1.82) is 0 Å². The molecule has 0 bridgehead atoms. The van der Waals surface area contributed by atoms with Crippen LogP contribution in [0, 0.1) is 17.8 Å². The summed E-state index contributed by atoms with van der Waals surface area (Å²) in [6.45, 7) is 8.34. The zero-order chi connectivity index (χ0) is 20.9. The highest BCUT2D eigenvalue weighted by Gasteiger charge is 2.39. The number of piperidine rings is 1. The van der Waals surface area contributed by atoms with E-state index in [-0.39, 0.29) is 36.3 Å². The first-order valence-electron chi connectivity index (χ1n) is 10.6. The van der Waals surface area contributed by atoms with Crippen molar-refractivity contribution in [2.45, 2.75) is 84.3 Å². The third-order valence-electron chi connectivity index (χ3n) is 5.83. The van der Waals surface area contributed by atoms with Gasteiger partial charge < -0.3 is 20.1 Å². The molecule has 0 radical (unpaired) electrons. The van der Waals surface area contributed by atoms with Gasteiger partial charge in [-0.3, -0.25) is 9.59 Å². The van der Waals surface area contributed by atoms with Gasteiger partial charge in [-0.15, -0.1) is 0 Å². The molecule has 28 heavy (non-hydrogen) atoms. The van der Waals surface area contributed by atoms with Crippen molar-refractivity contribution >= 4 is 18.0 Å². The number of carbonyl (C=O) groups is 3. The second kappa shape index (κ2) is 9.61. The Morgan fingerprint density at radius 3 is 2.32 bits per heavy atom. The summed E-state index contributed by atoms with van der Waals surface area (Å²) in [6, 6.07) is 0.183. The molecule has 1 aliphatic carbocycles. The van der Waals surface area contributed by atoms with Crippen molar-refractivity contribution in [3.05, 3.63) is 0 Å². The van der Waals surface area contributed by atoms with Crippen LogP contribution in [0.1, 0.15) is 72.6 Å². The SMILES string of the molecule is CC1CN(C(=O)OC(C)(C)C)CCC1C(CC(=O)NC1CCCCC1)C(=O)O. The minimum Gasteiger partial charge on any atom is -0.481 e. The topological polar surface area (TPSA) is 95.9 Å². The number of carboxylic acid groups (broad SMARTS) is 1. The number of rotatable bonds is 5. The Morgan fingerprint density at radius 2 is 1.79 bits per heavy atom. The van der Waals surface area contributed by atoms with Crippen LogP contribution >= 0.6 is 0 Å². The number of nitrogens with zero attached hydrogens (tertiary/aromatic N) is 1. The molecule has 1 aliphatic heterocycles. The van der Waals surface area contributed by atoms with Gasteiger partial charge in [0.2, 0.25) is 5.91 Å². The lowest BCUT2D eigenvalue weighted by Crippen LogP contribution is -2.48. The molecular formula is C21H36N2O5. The van der Waals surface area contributed by atoms with Crippen LogP contribution in [0.5, 0.6) is 0 Å². The van der Waals surface area contributed by atoms with Crippen molar-refractivity contribution in [2.24, 2.45) is 17.8 Å². The fraction of sp³-hybridized carbons (Fsp3) is 0.857. The molecule has 1 saturated carbocycles. The van der Waals surface area contributed by atoms with E-state index in [1.807, 2.05) is 27.7 Å². The second-order valence-electron chi connectivity index (χ2n) is 9.41. The number of aliphatic carboxylic acids is 1. The van der Waals surface area contributed by atoms with E-state index >= 15 is 0 Å². The Morgan fingerprint density at radius 1 is 1.14 bits per heavy atom. The zero-order valence-corrected chi connectivity index (χ0v) is 17.7. The van der Waals surface area contributed by atoms with E-state index in [4.69, 9.17) is 4.74 Å². The quantitative estimate of drug-likeness (QED) is 0.742. The van der Waals surface area contributed by atoms with Crippen LogP contribution < -0.4 is 5.32 Å². The molecule has 7 nitrogen and oxygen atoms in total. The van der Waals surface area contributed by atoms with Crippen LogP contribution in [-0.2, 0) is 14.3 Å². The summed E-state index contributed by atoms with van der Waals surface area (Å²) in [5.74, 6) is -1.96. The molecule has 0 spiro atoms. The highest BCUT2D eigenvalue weighted by Crippen LogP contribution is 2.33. The molecule has 0 aromatic carbocycles. The Kier molecular flexibility index (Phi) is 7.72. The summed E-state index contributed by atoms with van der Waals surface area (Å²) in [7, 11) is 0. The first-order valence-corrected chi connectivity index (χ1v) is 10.6. The molecule has 2 aliphatic rings. The maximum Gasteiger partial charge on any atom is 0.410 e. The van der Waals surface area contributed by atoms with Gasteiger partial charge in [0.05, 0.1) is 5.92 Å². The zero-order valence-electron chi connectivity index (χ0n) is 17.7. The predicted molar refractivity (Wildman–Crippen MR) is 106 cm³/mol. The number of amides is 2. The molecular weight excluding hydrogens is 360 g/mol. The molecule has 2 N–H and O–H groups in total. The Labute approximate surface area is 168 Å². The second-order valence-corrected chi connectivity index (χ2v) is 9.41. The van der Waals surface area contributed by atoms with Crippen molar-refractivity contribution in [1.82, 2.24) is 10.2 Å². The monoisotopic (exact) mass is 396 g/mol. The Balaban J connectivity index is 1.92. The van der Waals surface area contributed by atoms with E-state index in [9.17, 15) is 19.5 Å². The molecule has 1 heterocycles. The van der Waals surface area contributed by atoms with Gasteiger partial charge in [-0.1, -0.05) is 26.2 Å². The molecule has 0 aromatic heterocycles. The molecule has 2 fully saturated rings. The number of hydrogen-bond acceptors (Lipinski definition) is 4. The minimum absolute atomic E-state index is 0.00722. The van der Waals surface area contributed by atoms with Crippen LogP contribution in [0.25, 0.3) is 0 Å². The van der Waals surface area contributed by atoms with E-state index < -0.39 is 17.5 Å². The summed E-state index contributed by atoms with van der Waals surface area (Å²) in [5.41, 5.74) is -0.558. The normalized spacial score (nSPS) is 25.1. The van der Waals surface area contributed by atoms with E-state index in [0.29, 0.717) is 19.5 Å². The lowest BCUT2D eigenvalue weighted by Gasteiger charge is -2.39. The van der Waals surface area contributed by atoms with Gasteiger partial charge in [0.25, 0.3) is 0 Å². The third-order valence-corrected chi connectivity index (χ3v) is 5.83. The number of carboxylic acids is 1. The fourth-order valence-electron chi connectivity index (χ4n) is 4.41. The number of likely N-dealkylation sites (tertiary alicyclic amines) is 1. The molecule has 2 rings (SSSR count). The molecule has 0 aromatic rings. The maximum absolute atomic E-state index is 12.4. The van der Waals surface area contributed by atoms with Crippen LogP contribution in [0.15, 0.2) is 0 Å². The van der Waals surface area contributed by atoms with E-state index in [1.54, 1.807) is 4.90 Å². The highest BCUT2D eigenvalue weighted by molar-refractivity contribution is 5.82. The van der Waals surface area contributed by atoms with Gasteiger partial charge in [-0.25, -0.2) is 4.79 Å². The Bertz CT molecular complexity index is 566. The summed E-state index contributed by atoms with van der Waals surface area (Å²) in [5, 5.41) is 12.8. The molecule has 7 heteroatoms. The van der Waals surface area contributed by atoms with Crippen LogP contribution in [-0.4, -0.2) is 52.7 Å². The fourth-order valence-corrected chi connectivity index (χ4v) is 4.41. The average molecular weight is 397 g/mol. The maximum atomic E-state index is 12.4. The molecule has 1 saturated heterocycles. The number of hydrogen-bond donors (Lipinski definition) is 2. The average Bonchev–Trinajstić information content (AvgIpc) is 2.59. The van der Waals surface area contributed by atoms with Gasteiger partial charge >= 0.3 is 12.1 Å². The first-order chi connectivity index (χ1) is 13.1. The summed E-state index contributed by atoms with van der Waals surface area (Å²) in [4.78, 5) is 38.3. The Hall–Kier alpha value is -1.79. The highest BCUT2D eigenvalue weighted by atomic mass is 16.6. The smallest absolute Gasteiger partial charge is 0.410 e. The molecule has 2 amide bonds.